The van der Waals surface area contributed by atoms with Crippen LogP contribution in [0.2, 0.25) is 0 Å². The lowest BCUT2D eigenvalue weighted by Crippen LogP contribution is -2.59. The first-order valence-electron chi connectivity index (χ1n) is 11.2. The molecule has 0 spiro atoms. The molecule has 7 nitrogen and oxygen atoms in total. The molecule has 5 rings (SSSR count). The minimum atomic E-state index is -4.44. The summed E-state index contributed by atoms with van der Waals surface area (Å²) in [6.07, 6.45) is -4.52. The summed E-state index contributed by atoms with van der Waals surface area (Å²) in [6.45, 7) is 1.04. The number of piperidine rings is 1. The van der Waals surface area contributed by atoms with Crippen molar-refractivity contribution < 1.29 is 32.0 Å². The number of halogens is 4. The molecule has 2 atom stereocenters. The first-order chi connectivity index (χ1) is 16.7. The maximum atomic E-state index is 13.6. The number of benzene rings is 2. The molecule has 11 heteroatoms. The molecule has 1 aromatic heterocycles. The number of aromatic nitrogens is 2. The van der Waals surface area contributed by atoms with E-state index >= 15 is 0 Å². The minimum absolute atomic E-state index is 0.208. The standard InChI is InChI=1S/C24H22F4N4O3/c25-19-3-1-2-15(9-19)21-29-22(35-30-21)17-8-16(14-4-6-18(7-5-14)24(26,27)28)10-31(11-17)23(34)32-12-20(33)13-32/h1-7,9,16-17,20,33H,8,10-13H2. The molecule has 2 aliphatic rings. The molecule has 3 heterocycles. The van der Waals surface area contributed by atoms with E-state index in [9.17, 15) is 27.5 Å². The van der Waals surface area contributed by atoms with Crippen molar-refractivity contribution in [2.24, 2.45) is 0 Å². The lowest BCUT2D eigenvalue weighted by Gasteiger charge is -2.43. The summed E-state index contributed by atoms with van der Waals surface area (Å²) in [5.41, 5.74) is 0.361. The van der Waals surface area contributed by atoms with Gasteiger partial charge in [-0.3, -0.25) is 0 Å². The molecule has 3 aromatic rings. The number of hydrogen-bond donors (Lipinski definition) is 1. The van der Waals surface area contributed by atoms with Crippen LogP contribution in [0.25, 0.3) is 11.4 Å². The fourth-order valence-corrected chi connectivity index (χ4v) is 4.58. The number of hydrogen-bond acceptors (Lipinski definition) is 5. The van der Waals surface area contributed by atoms with E-state index in [1.54, 1.807) is 11.0 Å². The van der Waals surface area contributed by atoms with E-state index in [-0.39, 0.29) is 49.2 Å². The molecule has 1 N–H and O–H groups in total. The first-order valence-corrected chi connectivity index (χ1v) is 11.2. The highest BCUT2D eigenvalue weighted by molar-refractivity contribution is 5.75. The first kappa shape index (κ1) is 23.3. The molecular weight excluding hydrogens is 468 g/mol. The Labute approximate surface area is 198 Å². The number of carbonyl (C=O) groups excluding carboxylic acids is 1. The van der Waals surface area contributed by atoms with Crippen LogP contribution in [0.5, 0.6) is 0 Å². The molecule has 0 radical (unpaired) electrons. The van der Waals surface area contributed by atoms with Crippen LogP contribution < -0.4 is 0 Å². The van der Waals surface area contributed by atoms with E-state index in [1.165, 1.54) is 35.2 Å². The van der Waals surface area contributed by atoms with Gasteiger partial charge in [-0.05, 0) is 36.2 Å². The second-order valence-electron chi connectivity index (χ2n) is 8.96. The van der Waals surface area contributed by atoms with Gasteiger partial charge in [-0.15, -0.1) is 0 Å². The summed E-state index contributed by atoms with van der Waals surface area (Å²) in [4.78, 5) is 20.6. The smallest absolute Gasteiger partial charge is 0.389 e. The van der Waals surface area contributed by atoms with Gasteiger partial charge in [0.25, 0.3) is 0 Å². The van der Waals surface area contributed by atoms with Crippen LogP contribution in [0, 0.1) is 5.82 Å². The van der Waals surface area contributed by atoms with Crippen molar-refractivity contribution in [2.45, 2.75) is 30.5 Å². The van der Waals surface area contributed by atoms with E-state index in [1.807, 2.05) is 0 Å². The number of rotatable bonds is 3. The molecular formula is C24H22F4N4O3. The molecule has 0 aliphatic carbocycles. The number of carbonyl (C=O) groups is 1. The summed E-state index contributed by atoms with van der Waals surface area (Å²) in [7, 11) is 0. The van der Waals surface area contributed by atoms with Crippen molar-refractivity contribution in [3.63, 3.8) is 0 Å². The zero-order valence-corrected chi connectivity index (χ0v) is 18.5. The van der Waals surface area contributed by atoms with Crippen molar-refractivity contribution >= 4 is 6.03 Å². The van der Waals surface area contributed by atoms with E-state index in [0.29, 0.717) is 24.1 Å². The highest BCUT2D eigenvalue weighted by Gasteiger charge is 2.39. The zero-order valence-electron chi connectivity index (χ0n) is 18.5. The van der Waals surface area contributed by atoms with E-state index in [0.717, 1.165) is 12.1 Å². The molecule has 2 amide bonds. The topological polar surface area (TPSA) is 82.7 Å². The number of nitrogens with zero attached hydrogens (tertiary/aromatic N) is 4. The quantitative estimate of drug-likeness (QED) is 0.555. The van der Waals surface area contributed by atoms with E-state index in [2.05, 4.69) is 10.1 Å². The summed E-state index contributed by atoms with van der Waals surface area (Å²) in [6, 6.07) is 10.4. The Morgan fingerprint density at radius 2 is 1.69 bits per heavy atom. The third-order valence-corrected chi connectivity index (χ3v) is 6.44. The van der Waals surface area contributed by atoms with Gasteiger partial charge in [0.05, 0.1) is 30.7 Å². The highest BCUT2D eigenvalue weighted by Crippen LogP contribution is 2.38. The molecule has 35 heavy (non-hydrogen) atoms. The second-order valence-corrected chi connectivity index (χ2v) is 8.96. The number of aliphatic hydroxyl groups is 1. The molecule has 2 fully saturated rings. The predicted molar refractivity (Wildman–Crippen MR) is 116 cm³/mol. The second kappa shape index (κ2) is 8.95. The van der Waals surface area contributed by atoms with Crippen LogP contribution in [0.3, 0.4) is 0 Å². The van der Waals surface area contributed by atoms with E-state index in [4.69, 9.17) is 4.52 Å². The van der Waals surface area contributed by atoms with Crippen molar-refractivity contribution in [2.75, 3.05) is 26.2 Å². The van der Waals surface area contributed by atoms with Crippen molar-refractivity contribution in [3.8, 4) is 11.4 Å². The van der Waals surface area contributed by atoms with Crippen molar-refractivity contribution in [1.29, 1.82) is 0 Å². The third-order valence-electron chi connectivity index (χ3n) is 6.44. The third kappa shape index (κ3) is 4.86. The Kier molecular flexibility index (Phi) is 5.96. The zero-order chi connectivity index (χ0) is 24.7. The summed E-state index contributed by atoms with van der Waals surface area (Å²) >= 11 is 0. The number of aliphatic hydroxyl groups excluding tert-OH is 1. The van der Waals surface area contributed by atoms with Gasteiger partial charge in [-0.2, -0.15) is 18.2 Å². The van der Waals surface area contributed by atoms with E-state index < -0.39 is 23.7 Å². The maximum absolute atomic E-state index is 13.6. The van der Waals surface area contributed by atoms with Crippen LogP contribution in [0.4, 0.5) is 22.4 Å². The average molecular weight is 490 g/mol. The molecule has 2 aromatic carbocycles. The Morgan fingerprint density at radius 1 is 1.00 bits per heavy atom. The van der Waals surface area contributed by atoms with Gasteiger partial charge >= 0.3 is 12.2 Å². The lowest BCUT2D eigenvalue weighted by atomic mass is 9.84. The van der Waals surface area contributed by atoms with Gasteiger partial charge in [-0.1, -0.05) is 29.4 Å². The predicted octanol–water partition coefficient (Wildman–Crippen LogP) is 4.26. The molecule has 0 bridgehead atoms. The maximum Gasteiger partial charge on any atom is 0.416 e. The fraction of sp³-hybridized carbons (Fsp3) is 0.375. The van der Waals surface area contributed by atoms with Gasteiger partial charge in [0.1, 0.15) is 5.82 Å². The van der Waals surface area contributed by atoms with Crippen LogP contribution >= 0.6 is 0 Å². The van der Waals surface area contributed by atoms with Gasteiger partial charge in [-0.25, -0.2) is 9.18 Å². The number of β-amino-alcohol motifs (C(OH)–C–C–N with tert-alkyl or cyclic N) is 1. The average Bonchev–Trinajstić information content (AvgIpc) is 3.31. The van der Waals surface area contributed by atoms with Gasteiger partial charge in [0, 0.05) is 24.6 Å². The Hall–Kier alpha value is -3.47. The molecule has 184 valence electrons. The molecule has 2 saturated heterocycles. The van der Waals surface area contributed by atoms with Crippen LogP contribution in [0.15, 0.2) is 53.1 Å². The number of urea groups is 1. The summed E-state index contributed by atoms with van der Waals surface area (Å²) in [5.74, 6) is -0.610. The number of amides is 2. The normalized spacial score (nSPS) is 21.2. The SMILES string of the molecule is O=C(N1CC(O)C1)N1CC(c2ccc(C(F)(F)F)cc2)CC(c2nc(-c3cccc(F)c3)no2)C1. The lowest BCUT2D eigenvalue weighted by molar-refractivity contribution is -0.137. The van der Waals surface area contributed by atoms with Gasteiger partial charge in [0.2, 0.25) is 11.7 Å². The summed E-state index contributed by atoms with van der Waals surface area (Å²) < 4.78 is 58.1. The summed E-state index contributed by atoms with van der Waals surface area (Å²) in [5, 5.41) is 13.5. The van der Waals surface area contributed by atoms with Gasteiger partial charge in [0.15, 0.2) is 0 Å². The number of likely N-dealkylation sites (tertiary alicyclic amines) is 2. The van der Waals surface area contributed by atoms with Crippen LogP contribution in [0.1, 0.15) is 35.3 Å². The fourth-order valence-electron chi connectivity index (χ4n) is 4.58. The Bertz CT molecular complexity index is 1210. The largest absolute Gasteiger partial charge is 0.416 e. The highest BCUT2D eigenvalue weighted by atomic mass is 19.4. The monoisotopic (exact) mass is 490 g/mol. The van der Waals surface area contributed by atoms with Crippen molar-refractivity contribution in [1.82, 2.24) is 19.9 Å². The van der Waals surface area contributed by atoms with Crippen LogP contribution in [-0.4, -0.2) is 63.4 Å². The molecule has 2 unspecified atom stereocenters. The minimum Gasteiger partial charge on any atom is -0.389 e. The molecule has 0 saturated carbocycles. The Balaban J connectivity index is 1.41. The molecule has 2 aliphatic heterocycles. The van der Waals surface area contributed by atoms with Crippen LogP contribution in [-0.2, 0) is 6.18 Å². The van der Waals surface area contributed by atoms with Gasteiger partial charge < -0.3 is 19.4 Å². The van der Waals surface area contributed by atoms with Crippen molar-refractivity contribution in [3.05, 3.63) is 71.4 Å². The Morgan fingerprint density at radius 3 is 2.34 bits per heavy atom. The number of alkyl halides is 3.